The van der Waals surface area contributed by atoms with E-state index in [-0.39, 0.29) is 0 Å². The zero-order valence-electron chi connectivity index (χ0n) is 17.7. The summed E-state index contributed by atoms with van der Waals surface area (Å²) in [5, 5.41) is 9.10. The van der Waals surface area contributed by atoms with Crippen LogP contribution in [0.2, 0.25) is 0 Å². The van der Waals surface area contributed by atoms with Crippen LogP contribution in [0.1, 0.15) is 89.7 Å². The number of benzene rings is 1. The Balaban J connectivity index is 1.51. The minimum atomic E-state index is 0.596. The number of hydrogen-bond acceptors (Lipinski definition) is 3. The fourth-order valence-corrected chi connectivity index (χ4v) is 4.20. The van der Waals surface area contributed by atoms with E-state index in [2.05, 4.69) is 48.3 Å². The molecule has 0 bridgehead atoms. The Morgan fingerprint density at radius 3 is 2.21 bits per heavy atom. The molecule has 0 N–H and O–H groups in total. The zero-order valence-corrected chi connectivity index (χ0v) is 17.7. The van der Waals surface area contributed by atoms with Gasteiger partial charge in [0.05, 0.1) is 18.0 Å². The van der Waals surface area contributed by atoms with Crippen molar-refractivity contribution < 1.29 is 4.74 Å². The Bertz CT molecular complexity index is 673. The van der Waals surface area contributed by atoms with E-state index < -0.39 is 0 Å². The highest BCUT2D eigenvalue weighted by atomic mass is 16.5. The highest BCUT2D eigenvalue weighted by Crippen LogP contribution is 2.37. The third kappa shape index (κ3) is 6.05. The molecule has 0 amide bonds. The summed E-state index contributed by atoms with van der Waals surface area (Å²) < 4.78 is 5.74. The largest absolute Gasteiger partial charge is 0.494 e. The van der Waals surface area contributed by atoms with Gasteiger partial charge in [0.15, 0.2) is 0 Å². The van der Waals surface area contributed by atoms with Gasteiger partial charge < -0.3 is 4.74 Å². The molecule has 0 saturated heterocycles. The van der Waals surface area contributed by atoms with Crippen molar-refractivity contribution in [1.82, 2.24) is 10.2 Å². The molecule has 1 heterocycles. The second kappa shape index (κ2) is 11.2. The molecule has 1 aromatic carbocycles. The van der Waals surface area contributed by atoms with Crippen LogP contribution < -0.4 is 4.74 Å². The Morgan fingerprint density at radius 2 is 1.57 bits per heavy atom. The Kier molecular flexibility index (Phi) is 8.32. The van der Waals surface area contributed by atoms with E-state index in [1.807, 2.05) is 12.1 Å². The van der Waals surface area contributed by atoms with Crippen molar-refractivity contribution in [2.45, 2.75) is 84.0 Å². The van der Waals surface area contributed by atoms with E-state index >= 15 is 0 Å². The highest BCUT2D eigenvalue weighted by molar-refractivity contribution is 5.59. The molecule has 1 aliphatic carbocycles. The van der Waals surface area contributed by atoms with Gasteiger partial charge in [-0.2, -0.15) is 10.2 Å². The topological polar surface area (TPSA) is 35.0 Å². The van der Waals surface area contributed by atoms with Crippen molar-refractivity contribution in [3.8, 4) is 17.0 Å². The quantitative estimate of drug-likeness (QED) is 0.410. The van der Waals surface area contributed by atoms with Crippen molar-refractivity contribution >= 4 is 0 Å². The van der Waals surface area contributed by atoms with Gasteiger partial charge in [-0.25, -0.2) is 0 Å². The van der Waals surface area contributed by atoms with Crippen molar-refractivity contribution in [3.63, 3.8) is 0 Å². The van der Waals surface area contributed by atoms with E-state index in [0.717, 1.165) is 42.4 Å². The third-order valence-corrected chi connectivity index (χ3v) is 6.08. The Labute approximate surface area is 170 Å². The first-order valence-corrected chi connectivity index (χ1v) is 11.4. The van der Waals surface area contributed by atoms with Crippen molar-refractivity contribution in [2.75, 3.05) is 6.61 Å². The fourth-order valence-electron chi connectivity index (χ4n) is 4.20. The van der Waals surface area contributed by atoms with Crippen LogP contribution in [-0.2, 0) is 0 Å². The lowest BCUT2D eigenvalue weighted by Crippen LogP contribution is -2.14. The standard InChI is InChI=1S/C25H36N2O/c1-3-5-7-8-20-9-11-21(12-10-20)24-17-18-25(27-26-24)22-13-15-23(16-14-22)28-19-6-4-2/h13-18,20-21H,3-12,19H2,1-2H3/t20-,21-. The van der Waals surface area contributed by atoms with E-state index in [1.165, 1.54) is 57.1 Å². The summed E-state index contributed by atoms with van der Waals surface area (Å²) in [6.45, 7) is 5.24. The van der Waals surface area contributed by atoms with Crippen LogP contribution in [-0.4, -0.2) is 16.8 Å². The molecule has 1 fully saturated rings. The van der Waals surface area contributed by atoms with Crippen LogP contribution in [0.4, 0.5) is 0 Å². The number of nitrogens with zero attached hydrogens (tertiary/aromatic N) is 2. The smallest absolute Gasteiger partial charge is 0.119 e. The molecule has 2 aromatic rings. The van der Waals surface area contributed by atoms with Gasteiger partial charge in [0.25, 0.3) is 0 Å². The van der Waals surface area contributed by atoms with Gasteiger partial charge in [-0.3, -0.25) is 0 Å². The third-order valence-electron chi connectivity index (χ3n) is 6.08. The van der Waals surface area contributed by atoms with E-state index in [1.54, 1.807) is 0 Å². The zero-order chi connectivity index (χ0) is 19.6. The molecule has 0 aliphatic heterocycles. The van der Waals surface area contributed by atoms with Gasteiger partial charge in [-0.1, -0.05) is 46.0 Å². The molecule has 28 heavy (non-hydrogen) atoms. The van der Waals surface area contributed by atoms with Gasteiger partial charge in [0.2, 0.25) is 0 Å². The predicted octanol–water partition coefficient (Wildman–Crippen LogP) is 7.18. The normalized spacial score (nSPS) is 19.5. The summed E-state index contributed by atoms with van der Waals surface area (Å²) in [6.07, 6.45) is 13.0. The lowest BCUT2D eigenvalue weighted by atomic mass is 9.78. The maximum atomic E-state index is 5.74. The average molecular weight is 381 g/mol. The molecule has 1 aliphatic rings. The van der Waals surface area contributed by atoms with Crippen molar-refractivity contribution in [3.05, 3.63) is 42.1 Å². The molecule has 3 nitrogen and oxygen atoms in total. The first kappa shape index (κ1) is 20.8. The van der Waals surface area contributed by atoms with E-state index in [4.69, 9.17) is 4.74 Å². The second-order valence-electron chi connectivity index (χ2n) is 8.28. The lowest BCUT2D eigenvalue weighted by Gasteiger charge is -2.28. The van der Waals surface area contributed by atoms with Crippen LogP contribution >= 0.6 is 0 Å². The van der Waals surface area contributed by atoms with Gasteiger partial charge in [0, 0.05) is 11.5 Å². The summed E-state index contributed by atoms with van der Waals surface area (Å²) in [6, 6.07) is 12.5. The number of ether oxygens (including phenoxy) is 1. The minimum absolute atomic E-state index is 0.596. The summed E-state index contributed by atoms with van der Waals surface area (Å²) >= 11 is 0. The SMILES string of the molecule is CCCCC[C@H]1CC[C@H](c2ccc(-c3ccc(OCCCC)cc3)nn2)CC1. The Hall–Kier alpha value is -1.90. The minimum Gasteiger partial charge on any atom is -0.494 e. The number of unbranched alkanes of at least 4 members (excludes halogenated alkanes) is 3. The van der Waals surface area contributed by atoms with E-state index in [9.17, 15) is 0 Å². The van der Waals surface area contributed by atoms with Gasteiger partial charge in [-0.15, -0.1) is 0 Å². The van der Waals surface area contributed by atoms with Gasteiger partial charge in [-0.05, 0) is 74.4 Å². The number of hydrogen-bond donors (Lipinski definition) is 0. The fraction of sp³-hybridized carbons (Fsp3) is 0.600. The molecule has 0 unspecified atom stereocenters. The molecule has 1 saturated carbocycles. The predicted molar refractivity (Wildman–Crippen MR) is 117 cm³/mol. The van der Waals surface area contributed by atoms with Crippen LogP contribution in [0.3, 0.4) is 0 Å². The molecule has 152 valence electrons. The van der Waals surface area contributed by atoms with Crippen LogP contribution in [0.25, 0.3) is 11.3 Å². The lowest BCUT2D eigenvalue weighted by molar-refractivity contribution is 0.299. The van der Waals surface area contributed by atoms with Gasteiger partial charge in [0.1, 0.15) is 5.75 Å². The van der Waals surface area contributed by atoms with Crippen molar-refractivity contribution in [1.29, 1.82) is 0 Å². The molecular formula is C25H36N2O. The molecule has 3 heteroatoms. The molecular weight excluding hydrogens is 344 g/mol. The van der Waals surface area contributed by atoms with Crippen LogP contribution in [0.15, 0.2) is 36.4 Å². The maximum Gasteiger partial charge on any atom is 0.119 e. The molecule has 0 atom stereocenters. The molecule has 3 rings (SSSR count). The van der Waals surface area contributed by atoms with E-state index in [0.29, 0.717) is 5.92 Å². The molecule has 0 radical (unpaired) electrons. The maximum absolute atomic E-state index is 5.74. The number of aromatic nitrogens is 2. The molecule has 1 aromatic heterocycles. The summed E-state index contributed by atoms with van der Waals surface area (Å²) in [5.41, 5.74) is 3.22. The van der Waals surface area contributed by atoms with Crippen LogP contribution in [0.5, 0.6) is 5.75 Å². The summed E-state index contributed by atoms with van der Waals surface area (Å²) in [5.74, 6) is 2.46. The summed E-state index contributed by atoms with van der Waals surface area (Å²) in [4.78, 5) is 0. The first-order valence-electron chi connectivity index (χ1n) is 11.4. The number of rotatable bonds is 10. The monoisotopic (exact) mass is 380 g/mol. The Morgan fingerprint density at radius 1 is 0.821 bits per heavy atom. The summed E-state index contributed by atoms with van der Waals surface area (Å²) in [7, 11) is 0. The van der Waals surface area contributed by atoms with Crippen LogP contribution in [0, 0.1) is 5.92 Å². The van der Waals surface area contributed by atoms with Crippen molar-refractivity contribution in [2.24, 2.45) is 5.92 Å². The second-order valence-corrected chi connectivity index (χ2v) is 8.28. The first-order chi connectivity index (χ1) is 13.8. The average Bonchev–Trinajstić information content (AvgIpc) is 2.75. The molecule has 0 spiro atoms. The van der Waals surface area contributed by atoms with Gasteiger partial charge >= 0.3 is 0 Å². The highest BCUT2D eigenvalue weighted by Gasteiger charge is 2.23.